The van der Waals surface area contributed by atoms with E-state index in [-0.39, 0.29) is 5.82 Å². The van der Waals surface area contributed by atoms with Crippen LogP contribution in [0.2, 0.25) is 0 Å². The van der Waals surface area contributed by atoms with Crippen molar-refractivity contribution in [3.05, 3.63) is 36.3 Å². The summed E-state index contributed by atoms with van der Waals surface area (Å²) in [6.07, 6.45) is 2.57. The number of rotatable bonds is 5. The van der Waals surface area contributed by atoms with Crippen molar-refractivity contribution in [3.63, 3.8) is 0 Å². The number of halogens is 1. The Hall–Kier alpha value is -1.88. The molecule has 1 aromatic carbocycles. The van der Waals surface area contributed by atoms with Crippen LogP contribution in [-0.4, -0.2) is 22.9 Å². The lowest BCUT2D eigenvalue weighted by molar-refractivity contribution is 0.628. The molecule has 0 saturated carbocycles. The van der Waals surface area contributed by atoms with Crippen LogP contribution in [0.3, 0.4) is 0 Å². The van der Waals surface area contributed by atoms with E-state index in [4.69, 9.17) is 5.73 Å². The van der Waals surface area contributed by atoms with Crippen molar-refractivity contribution in [2.45, 2.75) is 6.42 Å². The van der Waals surface area contributed by atoms with Crippen molar-refractivity contribution in [2.75, 3.05) is 18.4 Å². The van der Waals surface area contributed by atoms with Crippen LogP contribution in [0.4, 0.5) is 10.1 Å². The first kappa shape index (κ1) is 12.6. The summed E-state index contributed by atoms with van der Waals surface area (Å²) in [5, 5.41) is 7.40. The maximum absolute atomic E-state index is 13.8. The minimum Gasteiger partial charge on any atom is -0.382 e. The van der Waals surface area contributed by atoms with Gasteiger partial charge in [-0.25, -0.2) is 4.39 Å². The number of aromatic nitrogens is 2. The van der Waals surface area contributed by atoms with Gasteiger partial charge in [-0.1, -0.05) is 12.1 Å². The lowest BCUT2D eigenvalue weighted by Gasteiger charge is -2.09. The standard InChI is InChI=1S/C13H17FN4/c1-18-13(10-5-2-3-6-11(10)14)12(9-17-18)16-8-4-7-15/h2-3,5-6,9,16H,4,7-8,15H2,1H3. The fourth-order valence-corrected chi connectivity index (χ4v) is 1.86. The van der Waals surface area contributed by atoms with Crippen LogP contribution in [0.1, 0.15) is 6.42 Å². The Bertz CT molecular complexity index is 521. The Morgan fingerprint density at radius 2 is 2.17 bits per heavy atom. The van der Waals surface area contributed by atoms with Crippen molar-refractivity contribution in [3.8, 4) is 11.3 Å². The van der Waals surface area contributed by atoms with Gasteiger partial charge in [-0.2, -0.15) is 5.10 Å². The zero-order chi connectivity index (χ0) is 13.0. The first-order chi connectivity index (χ1) is 8.74. The number of benzene rings is 1. The zero-order valence-corrected chi connectivity index (χ0v) is 10.4. The van der Waals surface area contributed by atoms with Crippen molar-refractivity contribution in [2.24, 2.45) is 12.8 Å². The Labute approximate surface area is 106 Å². The second-order valence-corrected chi connectivity index (χ2v) is 4.08. The van der Waals surface area contributed by atoms with Crippen LogP contribution in [-0.2, 0) is 7.05 Å². The maximum atomic E-state index is 13.8. The quantitative estimate of drug-likeness (QED) is 0.796. The molecule has 0 spiro atoms. The van der Waals surface area contributed by atoms with Gasteiger partial charge in [0.2, 0.25) is 0 Å². The fourth-order valence-electron chi connectivity index (χ4n) is 1.86. The van der Waals surface area contributed by atoms with E-state index in [0.29, 0.717) is 12.1 Å². The highest BCUT2D eigenvalue weighted by Gasteiger charge is 2.13. The third kappa shape index (κ3) is 2.51. The molecule has 96 valence electrons. The van der Waals surface area contributed by atoms with E-state index in [0.717, 1.165) is 24.3 Å². The molecule has 3 N–H and O–H groups in total. The predicted molar refractivity (Wildman–Crippen MR) is 70.8 cm³/mol. The molecule has 2 aromatic rings. The SMILES string of the molecule is Cn1ncc(NCCCN)c1-c1ccccc1F. The summed E-state index contributed by atoms with van der Waals surface area (Å²) in [6.45, 7) is 1.38. The number of nitrogens with one attached hydrogen (secondary N) is 1. The molecule has 2 rings (SSSR count). The molecule has 0 aliphatic carbocycles. The summed E-state index contributed by atoms with van der Waals surface area (Å²) in [7, 11) is 1.80. The van der Waals surface area contributed by atoms with E-state index in [1.165, 1.54) is 6.07 Å². The lowest BCUT2D eigenvalue weighted by Crippen LogP contribution is -2.09. The molecule has 1 heterocycles. The number of aryl methyl sites for hydroxylation is 1. The Morgan fingerprint density at radius 1 is 1.39 bits per heavy atom. The molecule has 4 nitrogen and oxygen atoms in total. The maximum Gasteiger partial charge on any atom is 0.132 e. The lowest BCUT2D eigenvalue weighted by atomic mass is 10.1. The molecule has 5 heteroatoms. The van der Waals surface area contributed by atoms with E-state index in [1.54, 1.807) is 30.1 Å². The van der Waals surface area contributed by atoms with Gasteiger partial charge in [0.05, 0.1) is 17.6 Å². The molecule has 18 heavy (non-hydrogen) atoms. The first-order valence-corrected chi connectivity index (χ1v) is 5.95. The van der Waals surface area contributed by atoms with Crippen LogP contribution in [0.5, 0.6) is 0 Å². The molecule has 0 fully saturated rings. The number of hydrogen-bond acceptors (Lipinski definition) is 3. The van der Waals surface area contributed by atoms with Gasteiger partial charge in [0.25, 0.3) is 0 Å². The van der Waals surface area contributed by atoms with Gasteiger partial charge < -0.3 is 11.1 Å². The van der Waals surface area contributed by atoms with Gasteiger partial charge in [0.15, 0.2) is 0 Å². The average Bonchev–Trinajstić information content (AvgIpc) is 2.72. The van der Waals surface area contributed by atoms with Crippen molar-refractivity contribution < 1.29 is 4.39 Å². The van der Waals surface area contributed by atoms with E-state index >= 15 is 0 Å². The van der Waals surface area contributed by atoms with E-state index < -0.39 is 0 Å². The minimum absolute atomic E-state index is 0.247. The van der Waals surface area contributed by atoms with Crippen LogP contribution in [0.25, 0.3) is 11.3 Å². The van der Waals surface area contributed by atoms with Gasteiger partial charge in [0, 0.05) is 19.2 Å². The molecule has 0 amide bonds. The van der Waals surface area contributed by atoms with Gasteiger partial charge in [-0.05, 0) is 25.1 Å². The van der Waals surface area contributed by atoms with E-state index in [1.807, 2.05) is 6.07 Å². The number of nitrogens with two attached hydrogens (primary N) is 1. The van der Waals surface area contributed by atoms with Crippen LogP contribution in [0, 0.1) is 5.82 Å². The summed E-state index contributed by atoms with van der Waals surface area (Å²) in [4.78, 5) is 0. The highest BCUT2D eigenvalue weighted by molar-refractivity contribution is 5.74. The number of hydrogen-bond donors (Lipinski definition) is 2. The molecule has 1 aromatic heterocycles. The summed E-state index contributed by atoms with van der Waals surface area (Å²) in [5.41, 5.74) is 7.58. The fraction of sp³-hybridized carbons (Fsp3) is 0.308. The Morgan fingerprint density at radius 3 is 2.89 bits per heavy atom. The van der Waals surface area contributed by atoms with Crippen LogP contribution < -0.4 is 11.1 Å². The summed E-state index contributed by atoms with van der Waals surface area (Å²) < 4.78 is 15.5. The molecular formula is C13H17FN4. The second kappa shape index (κ2) is 5.64. The van der Waals surface area contributed by atoms with E-state index in [9.17, 15) is 4.39 Å². The van der Waals surface area contributed by atoms with Gasteiger partial charge >= 0.3 is 0 Å². The summed E-state index contributed by atoms with van der Waals surface area (Å²) in [5.74, 6) is -0.247. The number of nitrogens with zero attached hydrogens (tertiary/aromatic N) is 2. The zero-order valence-electron chi connectivity index (χ0n) is 10.4. The van der Waals surface area contributed by atoms with E-state index in [2.05, 4.69) is 10.4 Å². The molecule has 0 unspecified atom stereocenters. The monoisotopic (exact) mass is 248 g/mol. The molecule has 0 aliphatic rings. The largest absolute Gasteiger partial charge is 0.382 e. The third-order valence-corrected chi connectivity index (χ3v) is 2.76. The molecule has 0 aliphatic heterocycles. The highest BCUT2D eigenvalue weighted by atomic mass is 19.1. The van der Waals surface area contributed by atoms with Crippen LogP contribution in [0.15, 0.2) is 30.5 Å². The normalized spacial score (nSPS) is 10.6. The van der Waals surface area contributed by atoms with Gasteiger partial charge in [0.1, 0.15) is 5.82 Å². The first-order valence-electron chi connectivity index (χ1n) is 5.95. The van der Waals surface area contributed by atoms with Gasteiger partial charge in [-0.3, -0.25) is 4.68 Å². The Kier molecular flexibility index (Phi) is 3.94. The van der Waals surface area contributed by atoms with Crippen molar-refractivity contribution in [1.29, 1.82) is 0 Å². The minimum atomic E-state index is -0.247. The second-order valence-electron chi connectivity index (χ2n) is 4.08. The third-order valence-electron chi connectivity index (χ3n) is 2.76. The molecule has 0 radical (unpaired) electrons. The molecule has 0 bridgehead atoms. The summed E-state index contributed by atoms with van der Waals surface area (Å²) >= 11 is 0. The average molecular weight is 248 g/mol. The van der Waals surface area contributed by atoms with Crippen LogP contribution >= 0.6 is 0 Å². The molecule has 0 saturated heterocycles. The topological polar surface area (TPSA) is 55.9 Å². The van der Waals surface area contributed by atoms with Crippen molar-refractivity contribution >= 4 is 5.69 Å². The highest BCUT2D eigenvalue weighted by Crippen LogP contribution is 2.29. The number of anilines is 1. The Balaban J connectivity index is 2.32. The predicted octanol–water partition coefficient (Wildman–Crippen LogP) is 1.99. The molecule has 0 atom stereocenters. The molecular weight excluding hydrogens is 231 g/mol. The smallest absolute Gasteiger partial charge is 0.132 e. The summed E-state index contributed by atoms with van der Waals surface area (Å²) in [6, 6.07) is 6.69. The van der Waals surface area contributed by atoms with Gasteiger partial charge in [-0.15, -0.1) is 0 Å². The van der Waals surface area contributed by atoms with Crippen molar-refractivity contribution in [1.82, 2.24) is 9.78 Å².